The molecule has 1 N–H and O–H groups in total. The summed E-state index contributed by atoms with van der Waals surface area (Å²) in [5.41, 5.74) is -0.784. The number of benzene rings is 1. The molecule has 2 aliphatic rings. The molecule has 0 spiro atoms. The van der Waals surface area contributed by atoms with Gasteiger partial charge >= 0.3 is 0 Å². The van der Waals surface area contributed by atoms with Crippen LogP contribution in [0.1, 0.15) is 43.1 Å². The van der Waals surface area contributed by atoms with Crippen molar-refractivity contribution >= 4 is 11.8 Å². The number of piperidine rings is 1. The van der Waals surface area contributed by atoms with E-state index in [-0.39, 0.29) is 17.4 Å². The third-order valence-electron chi connectivity index (χ3n) is 7.00. The minimum atomic E-state index is -1.16. The van der Waals surface area contributed by atoms with Gasteiger partial charge in [0.1, 0.15) is 17.5 Å². The Bertz CT molecular complexity index is 1050. The molecular weight excluding hydrogens is 449 g/mol. The van der Waals surface area contributed by atoms with Crippen molar-refractivity contribution < 1.29 is 27.3 Å². The predicted molar refractivity (Wildman–Crippen MR) is 118 cm³/mol. The van der Waals surface area contributed by atoms with E-state index in [1.54, 1.807) is 14.1 Å². The Labute approximate surface area is 196 Å². The number of carbonyl (C=O) groups is 2. The molecule has 1 saturated carbocycles. The average molecular weight is 479 g/mol. The lowest BCUT2D eigenvalue weighted by atomic mass is 9.88. The van der Waals surface area contributed by atoms with Crippen molar-refractivity contribution in [1.82, 2.24) is 20.3 Å². The molecule has 184 valence electrons. The van der Waals surface area contributed by atoms with E-state index >= 15 is 0 Å². The van der Waals surface area contributed by atoms with Gasteiger partial charge in [0.25, 0.3) is 5.91 Å². The van der Waals surface area contributed by atoms with Crippen molar-refractivity contribution in [2.75, 3.05) is 27.2 Å². The van der Waals surface area contributed by atoms with Gasteiger partial charge in [-0.2, -0.15) is 0 Å². The molecule has 4 rings (SSSR count). The maximum absolute atomic E-state index is 14.1. The van der Waals surface area contributed by atoms with Crippen LogP contribution in [-0.4, -0.2) is 66.0 Å². The Kier molecular flexibility index (Phi) is 6.97. The first-order valence-electron chi connectivity index (χ1n) is 11.5. The van der Waals surface area contributed by atoms with E-state index in [0.717, 1.165) is 19.0 Å². The summed E-state index contributed by atoms with van der Waals surface area (Å²) in [5.74, 6) is -4.26. The van der Waals surface area contributed by atoms with Crippen molar-refractivity contribution in [3.8, 4) is 11.3 Å². The number of hydrogen-bond acceptors (Lipinski definition) is 5. The number of amides is 2. The number of likely N-dealkylation sites (tertiary alicyclic amines) is 1. The molecule has 2 unspecified atom stereocenters. The fourth-order valence-electron chi connectivity index (χ4n) is 5.22. The highest BCUT2D eigenvalue weighted by molar-refractivity contribution is 5.94. The highest BCUT2D eigenvalue weighted by atomic mass is 19.1. The van der Waals surface area contributed by atoms with Crippen LogP contribution in [0.2, 0.25) is 0 Å². The van der Waals surface area contributed by atoms with Crippen molar-refractivity contribution in [3.05, 3.63) is 41.3 Å². The standard InChI is InChI=1S/C24H29F3N4O3/c1-13-5-4-6-20(13)31-8-7-18(15(12-31)24(33)30(2)3)28-23(32)19-11-21(34-29-19)22-16(26)9-14(25)10-17(22)27/h9-11,13,15,18,20H,4-8,12H2,1-3H3,(H,28,32)/t13?,15-,18-,20?/m1/s1. The third-order valence-corrected chi connectivity index (χ3v) is 7.00. The minimum Gasteiger partial charge on any atom is -0.355 e. The lowest BCUT2D eigenvalue weighted by Crippen LogP contribution is -2.57. The van der Waals surface area contributed by atoms with Crippen molar-refractivity contribution in [2.24, 2.45) is 11.8 Å². The summed E-state index contributed by atoms with van der Waals surface area (Å²) in [4.78, 5) is 29.7. The van der Waals surface area contributed by atoms with Gasteiger partial charge in [-0.15, -0.1) is 0 Å². The molecule has 2 aromatic rings. The number of carbonyl (C=O) groups excluding carboxylic acids is 2. The minimum absolute atomic E-state index is 0.0723. The van der Waals surface area contributed by atoms with E-state index in [4.69, 9.17) is 4.52 Å². The molecule has 2 amide bonds. The molecule has 34 heavy (non-hydrogen) atoms. The van der Waals surface area contributed by atoms with E-state index in [9.17, 15) is 22.8 Å². The largest absolute Gasteiger partial charge is 0.355 e. The second-order valence-corrected chi connectivity index (χ2v) is 9.50. The molecule has 0 radical (unpaired) electrons. The van der Waals surface area contributed by atoms with E-state index in [2.05, 4.69) is 22.3 Å². The first-order valence-corrected chi connectivity index (χ1v) is 11.5. The van der Waals surface area contributed by atoms with Gasteiger partial charge < -0.3 is 14.7 Å². The fraction of sp³-hybridized carbons (Fsp3) is 0.542. The molecule has 0 bridgehead atoms. The number of nitrogens with zero attached hydrogens (tertiary/aromatic N) is 3. The van der Waals surface area contributed by atoms with Gasteiger partial charge in [0.05, 0.1) is 11.5 Å². The van der Waals surface area contributed by atoms with Crippen LogP contribution in [0.3, 0.4) is 0 Å². The number of rotatable bonds is 5. The van der Waals surface area contributed by atoms with Gasteiger partial charge in [-0.1, -0.05) is 18.5 Å². The van der Waals surface area contributed by atoms with Crippen LogP contribution in [0.5, 0.6) is 0 Å². The van der Waals surface area contributed by atoms with Gasteiger partial charge in [-0.25, -0.2) is 13.2 Å². The van der Waals surface area contributed by atoms with Gasteiger partial charge in [0.15, 0.2) is 11.5 Å². The summed E-state index contributed by atoms with van der Waals surface area (Å²) in [7, 11) is 3.38. The van der Waals surface area contributed by atoms with E-state index in [1.807, 2.05) is 0 Å². The van der Waals surface area contributed by atoms with Crippen LogP contribution >= 0.6 is 0 Å². The summed E-state index contributed by atoms with van der Waals surface area (Å²) in [6, 6.07) is 2.17. The Morgan fingerprint density at radius 3 is 2.44 bits per heavy atom. The van der Waals surface area contributed by atoms with Crippen molar-refractivity contribution in [1.29, 1.82) is 0 Å². The summed E-state index contributed by atoms with van der Waals surface area (Å²) in [6.07, 6.45) is 4.06. The number of halogens is 3. The highest BCUT2D eigenvalue weighted by Gasteiger charge is 2.40. The Balaban J connectivity index is 1.50. The Morgan fingerprint density at radius 1 is 1.12 bits per heavy atom. The molecule has 4 atom stereocenters. The lowest BCUT2D eigenvalue weighted by molar-refractivity contribution is -0.136. The van der Waals surface area contributed by atoms with Crippen LogP contribution in [-0.2, 0) is 4.79 Å². The molecule has 1 aliphatic carbocycles. The van der Waals surface area contributed by atoms with E-state index in [0.29, 0.717) is 37.1 Å². The normalized spacial score (nSPS) is 25.4. The zero-order valence-electron chi connectivity index (χ0n) is 19.5. The first-order chi connectivity index (χ1) is 16.2. The molecular formula is C24H29F3N4O3. The number of hydrogen-bond donors (Lipinski definition) is 1. The summed E-state index contributed by atoms with van der Waals surface area (Å²) in [5, 5.41) is 6.50. The topological polar surface area (TPSA) is 78.7 Å². The molecule has 10 heteroatoms. The maximum atomic E-state index is 14.1. The SMILES string of the molecule is CC1CCCC1N1CC[C@@H](NC(=O)c2cc(-c3c(F)cc(F)cc3F)on2)[C@H](C(=O)N(C)C)C1. The van der Waals surface area contributed by atoms with Gasteiger partial charge in [0.2, 0.25) is 5.91 Å². The molecule has 2 heterocycles. The van der Waals surface area contributed by atoms with Crippen LogP contribution < -0.4 is 5.32 Å². The van der Waals surface area contributed by atoms with E-state index in [1.165, 1.54) is 17.7 Å². The molecule has 7 nitrogen and oxygen atoms in total. The molecule has 1 aromatic carbocycles. The van der Waals surface area contributed by atoms with Crippen molar-refractivity contribution in [2.45, 2.75) is 44.7 Å². The van der Waals surface area contributed by atoms with Crippen LogP contribution in [0.25, 0.3) is 11.3 Å². The Morgan fingerprint density at radius 2 is 1.82 bits per heavy atom. The van der Waals surface area contributed by atoms with Crippen molar-refractivity contribution in [3.63, 3.8) is 0 Å². The zero-order chi connectivity index (χ0) is 24.6. The number of aromatic nitrogens is 1. The third kappa shape index (κ3) is 4.82. The second kappa shape index (κ2) is 9.77. The fourth-order valence-corrected chi connectivity index (χ4v) is 5.22. The summed E-state index contributed by atoms with van der Waals surface area (Å²) < 4.78 is 46.3. The average Bonchev–Trinajstić information content (AvgIpc) is 3.42. The van der Waals surface area contributed by atoms with Gasteiger partial charge in [-0.3, -0.25) is 14.5 Å². The quantitative estimate of drug-likeness (QED) is 0.712. The number of nitrogens with one attached hydrogen (secondary N) is 1. The zero-order valence-corrected chi connectivity index (χ0v) is 19.5. The maximum Gasteiger partial charge on any atom is 0.273 e. The summed E-state index contributed by atoms with van der Waals surface area (Å²) >= 11 is 0. The first kappa shape index (κ1) is 24.3. The molecule has 1 saturated heterocycles. The second-order valence-electron chi connectivity index (χ2n) is 9.50. The van der Waals surface area contributed by atoms with Crippen LogP contribution in [0, 0.1) is 29.3 Å². The Hall–Kier alpha value is -2.88. The highest BCUT2D eigenvalue weighted by Crippen LogP contribution is 2.33. The molecule has 1 aromatic heterocycles. The smallest absolute Gasteiger partial charge is 0.273 e. The van der Waals surface area contributed by atoms with Crippen LogP contribution in [0.4, 0.5) is 13.2 Å². The lowest BCUT2D eigenvalue weighted by Gasteiger charge is -2.42. The summed E-state index contributed by atoms with van der Waals surface area (Å²) in [6.45, 7) is 3.55. The molecule has 1 aliphatic heterocycles. The molecule has 2 fully saturated rings. The van der Waals surface area contributed by atoms with Crippen LogP contribution in [0.15, 0.2) is 22.7 Å². The predicted octanol–water partition coefficient (Wildman–Crippen LogP) is 3.46. The van der Waals surface area contributed by atoms with Gasteiger partial charge in [-0.05, 0) is 25.2 Å². The van der Waals surface area contributed by atoms with E-state index < -0.39 is 40.9 Å². The monoisotopic (exact) mass is 478 g/mol. The van der Waals surface area contributed by atoms with Gasteiger partial charge in [0, 0.05) is 57.5 Å².